The molecule has 30 nitrogen and oxygen atoms in total. The molecule has 1 fully saturated rings. The van der Waals surface area contributed by atoms with Crippen LogP contribution in [-0.4, -0.2) is 144 Å². The lowest BCUT2D eigenvalue weighted by Crippen LogP contribution is -2.25. The van der Waals surface area contributed by atoms with Gasteiger partial charge in [0.2, 0.25) is 17.6 Å². The number of alkyl halides is 10. The molecule has 0 unspecified atom stereocenters. The van der Waals surface area contributed by atoms with E-state index in [0.717, 1.165) is 79.3 Å². The highest BCUT2D eigenvalue weighted by atomic mass is 35.5. The third kappa shape index (κ3) is 20.3. The first-order valence-electron chi connectivity index (χ1n) is 42.7. The van der Waals surface area contributed by atoms with E-state index in [9.17, 15) is 63.1 Å². The van der Waals surface area contributed by atoms with Gasteiger partial charge in [-0.15, -0.1) is 13.2 Å². The van der Waals surface area contributed by atoms with Crippen LogP contribution in [0.15, 0.2) is 256 Å². The zero-order chi connectivity index (χ0) is 97.6. The van der Waals surface area contributed by atoms with Crippen LogP contribution in [0, 0.1) is 5.92 Å². The van der Waals surface area contributed by atoms with Crippen molar-refractivity contribution in [1.29, 1.82) is 0 Å². The van der Waals surface area contributed by atoms with Crippen molar-refractivity contribution in [3.63, 3.8) is 0 Å². The molecular formula is C97H73Cl2F10N21O9. The average Bonchev–Trinajstić information content (AvgIpc) is 1.78. The van der Waals surface area contributed by atoms with Crippen LogP contribution in [0.25, 0.3) is 155 Å². The van der Waals surface area contributed by atoms with Gasteiger partial charge in [-0.25, -0.2) is 28.7 Å². The van der Waals surface area contributed by atoms with Crippen molar-refractivity contribution in [2.75, 3.05) is 31.7 Å². The Balaban J connectivity index is 0.000000123. The standard InChI is InChI=1S/C25H20ClN5O2.C25H16F7N5O3.C24H18F3N5O3.C23H19ClN6O/c1-30-13-17-12-19(8-9-20(17)28-30)31-25(32)23(16-4-6-18(26)7-5-16)24-21(29-31)10-11-22(27-24)33-14-15-2-3-15;1-36-10-13-8-14(4-7-17(13)34-36)37-23(38)20(12-2-5-15(6-3-12)40-24(28)29)22-21(35-37)16(25(30,31)32)9-19(33-22)39-11-18(26)27;1-3-34-20-11-10-19-22(28-20)21(14-4-7-17(8-5-14)35-24(25,26)27)23(33)32(30-19)16-6-9-18-15(12-16)13-31(2)29-18;1-3-25-20-11-10-19-22(26-20)21(14-4-6-16(24)7-5-14)23(31)30(28-19)17-8-9-18-15(12-17)13-29(2)27-18/h4-13,15H,2-3,14H2,1H3;2-10,18,24H,11H2,1H3;4-13H,3H2,1-2H3;4-13H,3H2,1-2H3,(H,25,26). The van der Waals surface area contributed by atoms with Gasteiger partial charge in [0.1, 0.15) is 61.5 Å². The molecule has 12 heterocycles. The van der Waals surface area contributed by atoms with Crippen molar-refractivity contribution in [3.05, 3.63) is 294 Å². The molecule has 0 amide bonds. The minimum absolute atomic E-state index is 0.0261. The minimum Gasteiger partial charge on any atom is -0.478 e. The highest BCUT2D eigenvalue weighted by Gasteiger charge is 2.38. The lowest BCUT2D eigenvalue weighted by molar-refractivity contribution is -0.274. The van der Waals surface area contributed by atoms with Gasteiger partial charge in [0.15, 0.2) is 6.61 Å². The summed E-state index contributed by atoms with van der Waals surface area (Å²) in [6.45, 7) is 1.15. The van der Waals surface area contributed by atoms with Gasteiger partial charge >= 0.3 is 19.2 Å². The molecule has 0 atom stereocenters. The fourth-order valence-corrected chi connectivity index (χ4v) is 15.8. The first-order chi connectivity index (χ1) is 66.7. The lowest BCUT2D eigenvalue weighted by atomic mass is 10.0. The number of nitrogens with zero attached hydrogens (tertiary/aromatic N) is 20. The van der Waals surface area contributed by atoms with Crippen molar-refractivity contribution < 1.29 is 67.6 Å². The molecule has 0 saturated heterocycles. The van der Waals surface area contributed by atoms with Gasteiger partial charge in [0, 0.05) is 109 Å². The van der Waals surface area contributed by atoms with Crippen LogP contribution < -0.4 is 51.2 Å². The van der Waals surface area contributed by atoms with E-state index < -0.39 is 77.1 Å². The van der Waals surface area contributed by atoms with Gasteiger partial charge in [-0.1, -0.05) is 71.7 Å². The minimum atomic E-state index is -5.06. The number of nitrogens with one attached hydrogen (secondary N) is 1. The number of benzene rings is 8. The van der Waals surface area contributed by atoms with E-state index in [-0.39, 0.29) is 39.2 Å². The molecule has 0 radical (unpaired) electrons. The molecule has 42 heteroatoms. The summed E-state index contributed by atoms with van der Waals surface area (Å²) in [6.07, 6.45) is -3.24. The monoisotopic (exact) mass is 1940 g/mol. The number of halogens is 12. The summed E-state index contributed by atoms with van der Waals surface area (Å²) in [4.78, 5) is 72.6. The Kier molecular flexibility index (Phi) is 25.6. The van der Waals surface area contributed by atoms with E-state index in [2.05, 4.69) is 75.5 Å². The van der Waals surface area contributed by atoms with Gasteiger partial charge in [0.05, 0.1) is 85.8 Å². The summed E-state index contributed by atoms with van der Waals surface area (Å²) in [7, 11) is 7.19. The first-order valence-corrected chi connectivity index (χ1v) is 43.4. The number of hydrogen-bond acceptors (Lipinski definition) is 22. The van der Waals surface area contributed by atoms with Crippen LogP contribution in [0.4, 0.5) is 49.7 Å². The molecule has 8 aromatic carbocycles. The van der Waals surface area contributed by atoms with E-state index in [1.807, 2.05) is 125 Å². The second kappa shape index (κ2) is 38.3. The molecule has 12 aromatic heterocycles. The number of fused-ring (bicyclic) bond motifs is 8. The number of ether oxygens (including phenoxy) is 5. The fraction of sp³-hybridized carbons (Fsp3) is 0.175. The molecule has 1 saturated carbocycles. The average molecular weight is 1940 g/mol. The van der Waals surface area contributed by atoms with Crippen molar-refractivity contribution in [3.8, 4) is 96.4 Å². The Bertz CT molecular complexity index is 8380. The van der Waals surface area contributed by atoms with Crippen LogP contribution in [0.5, 0.6) is 29.1 Å². The van der Waals surface area contributed by atoms with Crippen molar-refractivity contribution in [1.82, 2.24) is 98.2 Å². The Hall–Kier alpha value is -16.5. The molecule has 0 spiro atoms. The molecule has 1 N–H and O–H groups in total. The van der Waals surface area contributed by atoms with E-state index >= 15 is 0 Å². The van der Waals surface area contributed by atoms with Gasteiger partial charge in [0.25, 0.3) is 28.7 Å². The summed E-state index contributed by atoms with van der Waals surface area (Å²) in [6, 6.07) is 56.1. The van der Waals surface area contributed by atoms with Crippen molar-refractivity contribution >= 4 is 117 Å². The molecule has 20 aromatic rings. The number of anilines is 1. The first kappa shape index (κ1) is 92.9. The molecule has 1 aliphatic rings. The maximum Gasteiger partial charge on any atom is 0.573 e. The zero-order valence-corrected chi connectivity index (χ0v) is 75.2. The molecule has 1 aliphatic carbocycles. The van der Waals surface area contributed by atoms with E-state index in [4.69, 9.17) is 37.4 Å². The molecule has 0 aliphatic heterocycles. The van der Waals surface area contributed by atoms with Crippen molar-refractivity contribution in [2.45, 2.75) is 52.3 Å². The third-order valence-electron chi connectivity index (χ3n) is 21.8. The maximum absolute atomic E-state index is 14.2. The Morgan fingerprint density at radius 2 is 0.748 bits per heavy atom. The number of rotatable bonds is 21. The number of pyridine rings is 4. The topological polar surface area (TPSA) is 321 Å². The van der Waals surface area contributed by atoms with Crippen LogP contribution in [-0.2, 0) is 34.4 Å². The highest BCUT2D eigenvalue weighted by Crippen LogP contribution is 2.41. The second-order valence-corrected chi connectivity index (χ2v) is 32.6. The van der Waals surface area contributed by atoms with Gasteiger partial charge in [-0.2, -0.15) is 81.5 Å². The highest BCUT2D eigenvalue weighted by molar-refractivity contribution is 6.31. The number of aromatic nitrogens is 20. The maximum atomic E-state index is 14.2. The predicted molar refractivity (Wildman–Crippen MR) is 503 cm³/mol. The molecule has 21 rings (SSSR count). The van der Waals surface area contributed by atoms with E-state index in [1.54, 1.807) is 102 Å². The zero-order valence-electron chi connectivity index (χ0n) is 73.6. The van der Waals surface area contributed by atoms with Crippen LogP contribution in [0.3, 0.4) is 0 Å². The fourth-order valence-electron chi connectivity index (χ4n) is 15.5. The van der Waals surface area contributed by atoms with Crippen LogP contribution in [0.1, 0.15) is 32.3 Å². The Morgan fingerprint density at radius 3 is 1.12 bits per heavy atom. The summed E-state index contributed by atoms with van der Waals surface area (Å²) in [5.74, 6) is 0.617. The SMILES string of the molecule is CCNc1ccc2nn(-c3ccc4nn(C)cc4c3)c(=O)c(-c3ccc(Cl)cc3)c2n1.CCOc1ccc2nn(-c3ccc4nn(C)cc4c3)c(=O)c(-c3ccc(OC(F)(F)F)cc3)c2n1.Cn1cc2cc(-n3nc4c(C(F)(F)F)cc(OCC(F)F)nc4c(-c4ccc(OC(F)F)cc4)c3=O)ccc2n1.Cn1cc2cc(-n3nc4ccc(OCC5CC5)nc4c(-c4ccc(Cl)cc4)c3=O)ccc2n1. The number of aryl methyl sites for hydroxylation is 4. The smallest absolute Gasteiger partial charge is 0.478 e. The Labute approximate surface area is 787 Å². The molecule has 704 valence electrons. The van der Waals surface area contributed by atoms with Gasteiger partial charge in [-0.3, -0.25) is 37.9 Å². The molecule has 139 heavy (non-hydrogen) atoms. The van der Waals surface area contributed by atoms with Crippen molar-refractivity contribution in [2.24, 2.45) is 34.1 Å². The number of hydrogen-bond donors (Lipinski definition) is 1. The summed E-state index contributed by atoms with van der Waals surface area (Å²) >= 11 is 12.2. The van der Waals surface area contributed by atoms with Gasteiger partial charge < -0.3 is 29.0 Å². The van der Waals surface area contributed by atoms with Gasteiger partial charge in [-0.05, 0) is 200 Å². The van der Waals surface area contributed by atoms with E-state index in [0.29, 0.717) is 125 Å². The van der Waals surface area contributed by atoms with Crippen LogP contribution in [0.2, 0.25) is 10.0 Å². The normalized spacial score (nSPS) is 12.2. The summed E-state index contributed by atoms with van der Waals surface area (Å²) in [5, 5.41) is 42.7. The van der Waals surface area contributed by atoms with E-state index in [1.165, 1.54) is 68.0 Å². The third-order valence-corrected chi connectivity index (χ3v) is 22.3. The quantitative estimate of drug-likeness (QED) is 0.0653. The summed E-state index contributed by atoms with van der Waals surface area (Å²) in [5.41, 5.74) is 5.69. The second-order valence-electron chi connectivity index (χ2n) is 31.8. The largest absolute Gasteiger partial charge is 0.573 e. The molecular weight excluding hydrogens is 1860 g/mol. The predicted octanol–water partition coefficient (Wildman–Crippen LogP) is 19.4. The summed E-state index contributed by atoms with van der Waals surface area (Å²) < 4.78 is 167. The Morgan fingerprint density at radius 1 is 0.388 bits per heavy atom. The van der Waals surface area contributed by atoms with Crippen LogP contribution >= 0.6 is 23.2 Å². The molecule has 0 bridgehead atoms. The lowest BCUT2D eigenvalue weighted by Gasteiger charge is -2.16.